The Kier molecular flexibility index (Phi) is 4.20. The van der Waals surface area contributed by atoms with E-state index in [2.05, 4.69) is 30.5 Å². The summed E-state index contributed by atoms with van der Waals surface area (Å²) in [6, 6.07) is 4.13. The summed E-state index contributed by atoms with van der Waals surface area (Å²) in [6.45, 7) is 8.06. The molecule has 0 radical (unpaired) electrons. The van der Waals surface area contributed by atoms with Crippen LogP contribution in [0, 0.1) is 6.92 Å². The Balaban J connectivity index is 2.24. The number of nitrogens with one attached hydrogen (secondary N) is 1. The van der Waals surface area contributed by atoms with Crippen LogP contribution < -0.4 is 5.32 Å². The van der Waals surface area contributed by atoms with E-state index in [1.165, 1.54) is 0 Å². The largest absolute Gasteiger partial charge is 0.464 e. The zero-order chi connectivity index (χ0) is 13.0. The highest BCUT2D eigenvalue weighted by atomic mass is 16.3. The highest BCUT2D eigenvalue weighted by molar-refractivity contribution is 5.23. The van der Waals surface area contributed by atoms with Crippen molar-refractivity contribution in [3.63, 3.8) is 0 Å². The first kappa shape index (κ1) is 12.9. The van der Waals surface area contributed by atoms with Crippen LogP contribution in [0.1, 0.15) is 43.4 Å². The van der Waals surface area contributed by atoms with Crippen molar-refractivity contribution in [3.8, 4) is 0 Å². The highest BCUT2D eigenvalue weighted by Crippen LogP contribution is 2.23. The molecule has 0 amide bonds. The van der Waals surface area contributed by atoms with E-state index in [-0.39, 0.29) is 6.04 Å². The molecule has 1 unspecified atom stereocenters. The van der Waals surface area contributed by atoms with Crippen LogP contribution in [0.2, 0.25) is 0 Å². The van der Waals surface area contributed by atoms with E-state index in [1.54, 1.807) is 0 Å². The Bertz CT molecular complexity index is 487. The molecule has 0 bridgehead atoms. The third-order valence-corrected chi connectivity index (χ3v) is 2.95. The van der Waals surface area contributed by atoms with Gasteiger partial charge in [-0.1, -0.05) is 6.92 Å². The van der Waals surface area contributed by atoms with Gasteiger partial charge in [0.2, 0.25) is 0 Å². The van der Waals surface area contributed by atoms with Crippen LogP contribution >= 0.6 is 0 Å². The van der Waals surface area contributed by atoms with Crippen LogP contribution in [0.15, 0.2) is 28.9 Å². The molecule has 2 aromatic heterocycles. The number of hydrogen-bond acceptors (Lipinski definition) is 3. The maximum atomic E-state index is 5.74. The molecule has 0 aliphatic rings. The van der Waals surface area contributed by atoms with Gasteiger partial charge in [-0.05, 0) is 38.9 Å². The molecule has 0 fully saturated rings. The number of aryl methyl sites for hydroxylation is 2. The number of furan rings is 1. The van der Waals surface area contributed by atoms with Crippen molar-refractivity contribution in [2.24, 2.45) is 0 Å². The summed E-state index contributed by atoms with van der Waals surface area (Å²) in [7, 11) is 0. The van der Waals surface area contributed by atoms with Gasteiger partial charge >= 0.3 is 0 Å². The van der Waals surface area contributed by atoms with Crippen molar-refractivity contribution in [2.75, 3.05) is 6.54 Å². The predicted molar refractivity (Wildman–Crippen MR) is 71.5 cm³/mol. The van der Waals surface area contributed by atoms with E-state index in [4.69, 9.17) is 4.42 Å². The molecule has 2 heterocycles. The minimum Gasteiger partial charge on any atom is -0.464 e. The van der Waals surface area contributed by atoms with Crippen LogP contribution in [-0.2, 0) is 6.54 Å². The number of hydrogen-bond donors (Lipinski definition) is 1. The Hall–Kier alpha value is -1.55. The summed E-state index contributed by atoms with van der Waals surface area (Å²) in [5.74, 6) is 1.90. The molecule has 98 valence electrons. The summed E-state index contributed by atoms with van der Waals surface area (Å²) in [4.78, 5) is 0. The molecule has 2 rings (SSSR count). The molecule has 0 saturated heterocycles. The molecule has 0 spiro atoms. The van der Waals surface area contributed by atoms with Crippen molar-refractivity contribution < 1.29 is 4.42 Å². The normalized spacial score (nSPS) is 12.8. The quantitative estimate of drug-likeness (QED) is 0.853. The standard InChI is InChI=1S/C14H21N3O/c1-4-8-15-14(13-7-6-11(3)18-13)12-9-16-17(5-2)10-12/h6-7,9-10,14-15H,4-5,8H2,1-3H3. The SMILES string of the molecule is CCCNC(c1cnn(CC)c1)c1ccc(C)o1. The zero-order valence-corrected chi connectivity index (χ0v) is 11.3. The number of rotatable bonds is 6. The Morgan fingerprint density at radius 3 is 2.78 bits per heavy atom. The lowest BCUT2D eigenvalue weighted by molar-refractivity contribution is 0.430. The molecule has 0 aliphatic carbocycles. The molecule has 2 aromatic rings. The van der Waals surface area contributed by atoms with E-state index >= 15 is 0 Å². The van der Waals surface area contributed by atoms with Gasteiger partial charge in [0.1, 0.15) is 11.5 Å². The smallest absolute Gasteiger partial charge is 0.125 e. The minimum atomic E-state index is 0.0962. The second kappa shape index (κ2) is 5.87. The topological polar surface area (TPSA) is 43.0 Å². The lowest BCUT2D eigenvalue weighted by atomic mass is 10.1. The van der Waals surface area contributed by atoms with Crippen molar-refractivity contribution in [1.29, 1.82) is 0 Å². The maximum Gasteiger partial charge on any atom is 0.125 e. The van der Waals surface area contributed by atoms with Crippen molar-refractivity contribution >= 4 is 0 Å². The fraction of sp³-hybridized carbons (Fsp3) is 0.500. The van der Waals surface area contributed by atoms with Crippen molar-refractivity contribution in [1.82, 2.24) is 15.1 Å². The van der Waals surface area contributed by atoms with Gasteiger partial charge in [0.25, 0.3) is 0 Å². The van der Waals surface area contributed by atoms with Crippen LogP contribution in [-0.4, -0.2) is 16.3 Å². The van der Waals surface area contributed by atoms with Crippen LogP contribution in [0.4, 0.5) is 0 Å². The van der Waals surface area contributed by atoms with E-state index in [0.717, 1.165) is 36.6 Å². The maximum absolute atomic E-state index is 5.74. The van der Waals surface area contributed by atoms with E-state index in [9.17, 15) is 0 Å². The van der Waals surface area contributed by atoms with Gasteiger partial charge in [0.15, 0.2) is 0 Å². The molecule has 0 saturated carbocycles. The van der Waals surface area contributed by atoms with Gasteiger partial charge in [0.05, 0.1) is 12.2 Å². The third-order valence-electron chi connectivity index (χ3n) is 2.95. The van der Waals surface area contributed by atoms with Crippen LogP contribution in [0.5, 0.6) is 0 Å². The zero-order valence-electron chi connectivity index (χ0n) is 11.3. The molecule has 0 aromatic carbocycles. The summed E-state index contributed by atoms with van der Waals surface area (Å²) in [5.41, 5.74) is 1.15. The molecule has 1 N–H and O–H groups in total. The van der Waals surface area contributed by atoms with E-state index in [1.807, 2.05) is 29.9 Å². The average molecular weight is 247 g/mol. The second-order valence-electron chi connectivity index (χ2n) is 4.46. The molecule has 4 heteroatoms. The molecule has 4 nitrogen and oxygen atoms in total. The first-order valence-electron chi connectivity index (χ1n) is 6.56. The van der Waals surface area contributed by atoms with E-state index in [0.29, 0.717) is 0 Å². The van der Waals surface area contributed by atoms with Gasteiger partial charge in [-0.3, -0.25) is 4.68 Å². The third kappa shape index (κ3) is 2.82. The van der Waals surface area contributed by atoms with Gasteiger partial charge < -0.3 is 9.73 Å². The monoisotopic (exact) mass is 247 g/mol. The van der Waals surface area contributed by atoms with Crippen molar-refractivity contribution in [3.05, 3.63) is 41.6 Å². The molecular formula is C14H21N3O. The number of aromatic nitrogens is 2. The van der Waals surface area contributed by atoms with Gasteiger partial charge in [-0.2, -0.15) is 5.10 Å². The van der Waals surface area contributed by atoms with Gasteiger partial charge in [-0.25, -0.2) is 0 Å². The summed E-state index contributed by atoms with van der Waals surface area (Å²) < 4.78 is 7.68. The summed E-state index contributed by atoms with van der Waals surface area (Å²) >= 11 is 0. The van der Waals surface area contributed by atoms with Gasteiger partial charge in [0, 0.05) is 18.3 Å². The van der Waals surface area contributed by atoms with E-state index < -0.39 is 0 Å². The Labute approximate surface area is 108 Å². The second-order valence-corrected chi connectivity index (χ2v) is 4.46. The fourth-order valence-electron chi connectivity index (χ4n) is 1.98. The number of nitrogens with zero attached hydrogens (tertiary/aromatic N) is 2. The average Bonchev–Trinajstić information content (AvgIpc) is 2.99. The molecule has 18 heavy (non-hydrogen) atoms. The van der Waals surface area contributed by atoms with Crippen LogP contribution in [0.25, 0.3) is 0 Å². The summed E-state index contributed by atoms with van der Waals surface area (Å²) in [5, 5.41) is 7.84. The summed E-state index contributed by atoms with van der Waals surface area (Å²) in [6.07, 6.45) is 5.08. The fourth-order valence-corrected chi connectivity index (χ4v) is 1.98. The minimum absolute atomic E-state index is 0.0962. The Morgan fingerprint density at radius 2 is 2.22 bits per heavy atom. The Morgan fingerprint density at radius 1 is 1.39 bits per heavy atom. The lowest BCUT2D eigenvalue weighted by Crippen LogP contribution is -2.22. The lowest BCUT2D eigenvalue weighted by Gasteiger charge is -2.14. The highest BCUT2D eigenvalue weighted by Gasteiger charge is 2.18. The van der Waals surface area contributed by atoms with Crippen LogP contribution in [0.3, 0.4) is 0 Å². The first-order chi connectivity index (χ1) is 8.74. The van der Waals surface area contributed by atoms with Gasteiger partial charge in [-0.15, -0.1) is 0 Å². The predicted octanol–water partition coefficient (Wildman–Crippen LogP) is 2.89. The molecule has 1 atom stereocenters. The molecule has 0 aliphatic heterocycles. The first-order valence-corrected chi connectivity index (χ1v) is 6.56. The van der Waals surface area contributed by atoms with Crippen molar-refractivity contribution in [2.45, 2.75) is 39.8 Å². The molecular weight excluding hydrogens is 226 g/mol.